The monoisotopic (exact) mass is 337 g/mol. The fourth-order valence-corrected chi connectivity index (χ4v) is 4.00. The lowest BCUT2D eigenvalue weighted by Gasteiger charge is -2.47. The molecule has 2 aliphatic heterocycles. The van der Waals surface area contributed by atoms with Crippen LogP contribution in [0.4, 0.5) is 5.82 Å². The highest BCUT2D eigenvalue weighted by Gasteiger charge is 2.41. The Kier molecular flexibility index (Phi) is 3.06. The predicted molar refractivity (Wildman–Crippen MR) is 94.4 cm³/mol. The van der Waals surface area contributed by atoms with Crippen LogP contribution in [0.15, 0.2) is 36.5 Å². The summed E-state index contributed by atoms with van der Waals surface area (Å²) in [7, 11) is 0. The molecule has 6 nitrogen and oxygen atoms in total. The summed E-state index contributed by atoms with van der Waals surface area (Å²) in [5.41, 5.74) is 3.35. The quantitative estimate of drug-likeness (QED) is 0.779. The average Bonchev–Trinajstić information content (AvgIpc) is 3.09. The average molecular weight is 337 g/mol. The van der Waals surface area contributed by atoms with E-state index in [0.717, 1.165) is 56.0 Å². The molecule has 6 heteroatoms. The van der Waals surface area contributed by atoms with E-state index in [0.29, 0.717) is 10.9 Å². The molecule has 1 spiro atoms. The van der Waals surface area contributed by atoms with Crippen molar-refractivity contribution < 1.29 is 14.6 Å². The molecule has 2 aliphatic rings. The molecule has 25 heavy (non-hydrogen) atoms. The molecule has 0 radical (unpaired) electrons. The van der Waals surface area contributed by atoms with Crippen LogP contribution in [0.5, 0.6) is 0 Å². The van der Waals surface area contributed by atoms with Crippen molar-refractivity contribution in [3.05, 3.63) is 42.1 Å². The van der Waals surface area contributed by atoms with E-state index in [4.69, 9.17) is 9.72 Å². The van der Waals surface area contributed by atoms with E-state index in [9.17, 15) is 9.90 Å². The van der Waals surface area contributed by atoms with E-state index >= 15 is 0 Å². The number of anilines is 1. The zero-order valence-corrected chi connectivity index (χ0v) is 13.8. The minimum Gasteiger partial charge on any atom is -0.478 e. The highest BCUT2D eigenvalue weighted by atomic mass is 16.5. The summed E-state index contributed by atoms with van der Waals surface area (Å²) >= 11 is 0. The van der Waals surface area contributed by atoms with E-state index in [1.165, 1.54) is 0 Å². The second-order valence-electron chi connectivity index (χ2n) is 7.19. The lowest BCUT2D eigenvalue weighted by molar-refractivity contribution is -0.124. The molecule has 2 aromatic heterocycles. The highest BCUT2D eigenvalue weighted by molar-refractivity contribution is 5.94. The Morgan fingerprint density at radius 1 is 1.16 bits per heavy atom. The number of hydrogen-bond donors (Lipinski definition) is 1. The Morgan fingerprint density at radius 2 is 1.96 bits per heavy atom. The normalized spacial score (nSPS) is 19.4. The van der Waals surface area contributed by atoms with Gasteiger partial charge in [0.2, 0.25) is 0 Å². The molecule has 0 atom stereocenters. The van der Waals surface area contributed by atoms with Gasteiger partial charge < -0.3 is 19.1 Å². The molecule has 5 rings (SSSR count). The first-order chi connectivity index (χ1) is 12.2. The van der Waals surface area contributed by atoms with Crippen molar-refractivity contribution in [1.82, 2.24) is 9.38 Å². The number of rotatable bonds is 2. The summed E-state index contributed by atoms with van der Waals surface area (Å²) in [5.74, 6) is 0.0119. The Morgan fingerprint density at radius 3 is 2.64 bits per heavy atom. The third-order valence-corrected chi connectivity index (χ3v) is 5.63. The Labute approximate surface area is 144 Å². The van der Waals surface area contributed by atoms with Gasteiger partial charge in [-0.15, -0.1) is 0 Å². The maximum Gasteiger partial charge on any atom is 0.335 e. The first kappa shape index (κ1) is 14.7. The molecule has 1 N–H and O–H groups in total. The number of nitrogens with zero attached hydrogens (tertiary/aromatic N) is 3. The number of carbonyl (C=O) groups is 1. The highest BCUT2D eigenvalue weighted by Crippen LogP contribution is 2.40. The standard InChI is InChI=1S/C19H19N3O3/c23-18(24)13-3-4-15-14(10-13)20-17(16-2-1-7-22(15)16)21-8-5-19(6-9-21)11-25-12-19/h1-4,7,10H,5-6,8-9,11-12H2,(H,23,24). The lowest BCUT2D eigenvalue weighted by Crippen LogP contribution is -2.51. The van der Waals surface area contributed by atoms with Crippen molar-refractivity contribution in [3.8, 4) is 0 Å². The molecular weight excluding hydrogens is 318 g/mol. The van der Waals surface area contributed by atoms with E-state index < -0.39 is 5.97 Å². The van der Waals surface area contributed by atoms with Crippen LogP contribution >= 0.6 is 0 Å². The Hall–Kier alpha value is -2.60. The van der Waals surface area contributed by atoms with Gasteiger partial charge in [0.1, 0.15) is 0 Å². The van der Waals surface area contributed by atoms with Crippen LogP contribution in [-0.4, -0.2) is 46.8 Å². The third kappa shape index (κ3) is 2.21. The fourth-order valence-electron chi connectivity index (χ4n) is 4.00. The van der Waals surface area contributed by atoms with E-state index in [1.54, 1.807) is 12.1 Å². The van der Waals surface area contributed by atoms with Crippen LogP contribution in [0.3, 0.4) is 0 Å². The molecule has 3 aromatic rings. The van der Waals surface area contributed by atoms with Crippen LogP contribution in [-0.2, 0) is 4.74 Å². The first-order valence-corrected chi connectivity index (χ1v) is 8.62. The minimum atomic E-state index is -0.928. The largest absolute Gasteiger partial charge is 0.478 e. The second kappa shape index (κ2) is 5.20. The number of carboxylic acid groups (broad SMARTS) is 1. The fraction of sp³-hybridized carbons (Fsp3) is 0.368. The maximum atomic E-state index is 11.3. The first-order valence-electron chi connectivity index (χ1n) is 8.62. The van der Waals surface area contributed by atoms with E-state index in [2.05, 4.69) is 15.4 Å². The van der Waals surface area contributed by atoms with Gasteiger partial charge in [0, 0.05) is 24.7 Å². The Balaban J connectivity index is 1.61. The molecule has 0 bridgehead atoms. The zero-order valence-electron chi connectivity index (χ0n) is 13.8. The van der Waals surface area contributed by atoms with Crippen LogP contribution in [0.25, 0.3) is 16.6 Å². The van der Waals surface area contributed by atoms with Gasteiger partial charge in [0.15, 0.2) is 5.82 Å². The molecule has 128 valence electrons. The van der Waals surface area contributed by atoms with E-state index in [1.807, 2.05) is 18.3 Å². The van der Waals surface area contributed by atoms with Gasteiger partial charge in [-0.2, -0.15) is 0 Å². The lowest BCUT2D eigenvalue weighted by atomic mass is 9.77. The van der Waals surface area contributed by atoms with Crippen molar-refractivity contribution in [3.63, 3.8) is 0 Å². The van der Waals surface area contributed by atoms with Crippen LogP contribution < -0.4 is 4.90 Å². The number of ether oxygens (including phenoxy) is 1. The maximum absolute atomic E-state index is 11.3. The SMILES string of the molecule is O=C(O)c1ccc2c(c1)nc(N1CCC3(CC1)COC3)c1cccn12. The molecule has 2 fully saturated rings. The van der Waals surface area contributed by atoms with Gasteiger partial charge in [-0.25, -0.2) is 9.78 Å². The van der Waals surface area contributed by atoms with Crippen molar-refractivity contribution in [2.75, 3.05) is 31.2 Å². The number of aromatic nitrogens is 2. The minimum absolute atomic E-state index is 0.265. The summed E-state index contributed by atoms with van der Waals surface area (Å²) < 4.78 is 7.51. The molecule has 1 aromatic carbocycles. The van der Waals surface area contributed by atoms with Gasteiger partial charge >= 0.3 is 5.97 Å². The molecule has 2 saturated heterocycles. The molecule has 4 heterocycles. The van der Waals surface area contributed by atoms with Gasteiger partial charge in [-0.3, -0.25) is 0 Å². The molecular formula is C19H19N3O3. The molecule has 0 unspecified atom stereocenters. The smallest absolute Gasteiger partial charge is 0.335 e. The Bertz CT molecular complexity index is 980. The van der Waals surface area contributed by atoms with Gasteiger partial charge in [0.05, 0.1) is 35.3 Å². The summed E-state index contributed by atoms with van der Waals surface area (Å²) in [5, 5.41) is 9.27. The van der Waals surface area contributed by atoms with Gasteiger partial charge in [-0.1, -0.05) is 0 Å². The van der Waals surface area contributed by atoms with Gasteiger partial charge in [-0.05, 0) is 43.2 Å². The second-order valence-corrected chi connectivity index (χ2v) is 7.19. The number of fused-ring (bicyclic) bond motifs is 3. The van der Waals surface area contributed by atoms with Crippen LogP contribution in [0.2, 0.25) is 0 Å². The van der Waals surface area contributed by atoms with Crippen LogP contribution in [0, 0.1) is 5.41 Å². The summed E-state index contributed by atoms with van der Waals surface area (Å²) in [6, 6.07) is 9.21. The number of hydrogen-bond acceptors (Lipinski definition) is 4. The predicted octanol–water partition coefficient (Wildman–Crippen LogP) is 2.80. The zero-order chi connectivity index (χ0) is 17.0. The summed E-state index contributed by atoms with van der Waals surface area (Å²) in [6.45, 7) is 3.69. The molecule has 0 amide bonds. The number of piperidine rings is 1. The van der Waals surface area contributed by atoms with Crippen molar-refractivity contribution in [2.24, 2.45) is 5.41 Å². The van der Waals surface area contributed by atoms with E-state index in [-0.39, 0.29) is 5.56 Å². The number of carboxylic acids is 1. The van der Waals surface area contributed by atoms with Crippen molar-refractivity contribution in [2.45, 2.75) is 12.8 Å². The van der Waals surface area contributed by atoms with Gasteiger partial charge in [0.25, 0.3) is 0 Å². The van der Waals surface area contributed by atoms with Crippen molar-refractivity contribution in [1.29, 1.82) is 0 Å². The number of benzene rings is 1. The van der Waals surface area contributed by atoms with Crippen molar-refractivity contribution >= 4 is 28.3 Å². The summed E-state index contributed by atoms with van der Waals surface area (Å²) in [4.78, 5) is 18.5. The molecule has 0 aliphatic carbocycles. The third-order valence-electron chi connectivity index (χ3n) is 5.63. The topological polar surface area (TPSA) is 67.1 Å². The number of aromatic carboxylic acids is 1. The summed E-state index contributed by atoms with van der Waals surface area (Å²) in [6.07, 6.45) is 4.25. The van der Waals surface area contributed by atoms with Crippen LogP contribution in [0.1, 0.15) is 23.2 Å². The molecule has 0 saturated carbocycles.